The number of fused-ring (bicyclic) bond motifs is 5. The fourth-order valence-electron chi connectivity index (χ4n) is 2.71. The maximum atomic E-state index is 11.7. The zero-order chi connectivity index (χ0) is 11.6. The summed E-state index contributed by atoms with van der Waals surface area (Å²) in [6.45, 7) is 0. The summed E-state index contributed by atoms with van der Waals surface area (Å²) < 4.78 is 25.4. The zero-order valence-electron chi connectivity index (χ0n) is 8.91. The highest BCUT2D eigenvalue weighted by Gasteiger charge is 2.45. The van der Waals surface area contributed by atoms with Gasteiger partial charge in [-0.2, -0.15) is 0 Å². The van der Waals surface area contributed by atoms with Crippen molar-refractivity contribution in [2.24, 2.45) is 0 Å². The molecule has 88 valence electrons. The Hall–Kier alpha value is -1.01. The van der Waals surface area contributed by atoms with E-state index in [2.05, 4.69) is 9.55 Å². The summed E-state index contributed by atoms with van der Waals surface area (Å²) in [6.07, 6.45) is 0. The predicted molar refractivity (Wildman–Crippen MR) is 67.1 cm³/mol. The van der Waals surface area contributed by atoms with Gasteiger partial charge in [0.25, 0.3) is 0 Å². The highest BCUT2D eigenvalue weighted by Crippen LogP contribution is 2.46. The van der Waals surface area contributed by atoms with E-state index < -0.39 is 9.84 Å². The van der Waals surface area contributed by atoms with E-state index >= 15 is 0 Å². The Morgan fingerprint density at radius 1 is 1.29 bits per heavy atom. The van der Waals surface area contributed by atoms with Gasteiger partial charge in [-0.15, -0.1) is 0 Å². The Labute approximate surface area is 103 Å². The molecule has 0 saturated carbocycles. The van der Waals surface area contributed by atoms with Crippen molar-refractivity contribution in [3.8, 4) is 0 Å². The number of sulfone groups is 1. The molecule has 4 nitrogen and oxygen atoms in total. The standard InChI is InChI=1S/C11H10N2O2S2/c14-17(15)5-9-10(6-17)16-11-12-7-3-1-2-4-8(7)13(9)11/h1-4,9-10H,5-6H2/t9-,10+/m0/s1. The summed E-state index contributed by atoms with van der Waals surface area (Å²) in [4.78, 5) is 4.55. The summed E-state index contributed by atoms with van der Waals surface area (Å²) in [6, 6.07) is 7.99. The van der Waals surface area contributed by atoms with Crippen LogP contribution in [0.2, 0.25) is 0 Å². The Bertz CT molecular complexity index is 720. The summed E-state index contributed by atoms with van der Waals surface area (Å²) in [5.41, 5.74) is 2.01. The monoisotopic (exact) mass is 266 g/mol. The predicted octanol–water partition coefficient (Wildman–Crippen LogP) is 1.48. The van der Waals surface area contributed by atoms with Crippen molar-refractivity contribution >= 4 is 32.6 Å². The van der Waals surface area contributed by atoms with Gasteiger partial charge in [0, 0.05) is 5.25 Å². The van der Waals surface area contributed by atoms with Crippen LogP contribution in [0.25, 0.3) is 11.0 Å². The zero-order valence-corrected chi connectivity index (χ0v) is 10.5. The van der Waals surface area contributed by atoms with E-state index in [1.807, 2.05) is 24.3 Å². The van der Waals surface area contributed by atoms with Crippen LogP contribution in [0, 0.1) is 0 Å². The Morgan fingerprint density at radius 2 is 2.12 bits per heavy atom. The summed E-state index contributed by atoms with van der Waals surface area (Å²) in [5, 5.41) is 1.13. The van der Waals surface area contributed by atoms with Gasteiger partial charge in [-0.1, -0.05) is 23.9 Å². The van der Waals surface area contributed by atoms with Crippen LogP contribution in [-0.2, 0) is 9.84 Å². The van der Waals surface area contributed by atoms with E-state index in [1.165, 1.54) is 0 Å². The molecule has 0 unspecified atom stereocenters. The van der Waals surface area contributed by atoms with Crippen LogP contribution in [0.4, 0.5) is 0 Å². The second kappa shape index (κ2) is 3.05. The van der Waals surface area contributed by atoms with Crippen LogP contribution in [0.5, 0.6) is 0 Å². The van der Waals surface area contributed by atoms with Gasteiger partial charge in [-0.05, 0) is 12.1 Å². The molecule has 0 bridgehead atoms. The number of nitrogens with zero attached hydrogens (tertiary/aromatic N) is 2. The summed E-state index contributed by atoms with van der Waals surface area (Å²) >= 11 is 1.61. The van der Waals surface area contributed by atoms with Crippen molar-refractivity contribution in [1.82, 2.24) is 9.55 Å². The molecular formula is C11H10N2O2S2. The maximum Gasteiger partial charge on any atom is 0.169 e. The summed E-state index contributed by atoms with van der Waals surface area (Å²) in [5.74, 6) is 0.554. The summed E-state index contributed by atoms with van der Waals surface area (Å²) in [7, 11) is -2.86. The third-order valence-corrected chi connectivity index (χ3v) is 6.63. The highest BCUT2D eigenvalue weighted by atomic mass is 32.2. The van der Waals surface area contributed by atoms with Crippen LogP contribution in [-0.4, -0.2) is 34.7 Å². The van der Waals surface area contributed by atoms with E-state index in [9.17, 15) is 8.42 Å². The van der Waals surface area contributed by atoms with Crippen LogP contribution in [0.3, 0.4) is 0 Å². The van der Waals surface area contributed by atoms with Gasteiger partial charge < -0.3 is 4.57 Å². The van der Waals surface area contributed by atoms with Crippen LogP contribution < -0.4 is 0 Å². The molecule has 2 aliphatic rings. The van der Waals surface area contributed by atoms with Gasteiger partial charge in [0.1, 0.15) is 0 Å². The van der Waals surface area contributed by atoms with Crippen molar-refractivity contribution in [1.29, 1.82) is 0 Å². The van der Waals surface area contributed by atoms with Crippen LogP contribution in [0.1, 0.15) is 6.04 Å². The van der Waals surface area contributed by atoms with E-state index in [0.717, 1.165) is 16.2 Å². The van der Waals surface area contributed by atoms with Gasteiger partial charge in [0.05, 0.1) is 28.6 Å². The number of para-hydroxylation sites is 2. The molecule has 0 radical (unpaired) electrons. The number of benzene rings is 1. The van der Waals surface area contributed by atoms with E-state index in [1.54, 1.807) is 11.8 Å². The molecule has 2 aromatic rings. The van der Waals surface area contributed by atoms with Crippen molar-refractivity contribution in [2.45, 2.75) is 16.4 Å². The number of hydrogen-bond donors (Lipinski definition) is 0. The second-order valence-corrected chi connectivity index (χ2v) is 7.91. The molecule has 6 heteroatoms. The lowest BCUT2D eigenvalue weighted by atomic mass is 10.2. The molecule has 1 fully saturated rings. The SMILES string of the molecule is O=S1(=O)C[C@H]2Sc3nc4ccccc4n3[C@H]2C1. The van der Waals surface area contributed by atoms with Crippen LogP contribution >= 0.6 is 11.8 Å². The minimum absolute atomic E-state index is 0.0763. The lowest BCUT2D eigenvalue weighted by molar-refractivity contribution is 0.564. The normalized spacial score (nSPS) is 29.4. The first-order chi connectivity index (χ1) is 8.14. The molecule has 4 rings (SSSR count). The highest BCUT2D eigenvalue weighted by molar-refractivity contribution is 8.02. The van der Waals surface area contributed by atoms with Crippen molar-refractivity contribution < 1.29 is 8.42 Å². The average molecular weight is 266 g/mol. The number of rotatable bonds is 0. The minimum atomic E-state index is -2.86. The molecule has 1 saturated heterocycles. The first-order valence-electron chi connectivity index (χ1n) is 5.48. The Kier molecular flexibility index (Phi) is 1.79. The van der Waals surface area contributed by atoms with Crippen LogP contribution in [0.15, 0.2) is 29.4 Å². The molecule has 3 heterocycles. The lowest BCUT2D eigenvalue weighted by Gasteiger charge is -2.09. The quantitative estimate of drug-likeness (QED) is 0.725. The molecule has 1 aromatic heterocycles. The van der Waals surface area contributed by atoms with E-state index in [0.29, 0.717) is 5.75 Å². The molecule has 0 amide bonds. The number of thioether (sulfide) groups is 1. The third-order valence-electron chi connectivity index (χ3n) is 3.42. The Morgan fingerprint density at radius 3 is 3.00 bits per heavy atom. The number of hydrogen-bond acceptors (Lipinski definition) is 4. The molecule has 0 spiro atoms. The average Bonchev–Trinajstić information content (AvgIpc) is 2.83. The molecule has 2 aliphatic heterocycles. The topological polar surface area (TPSA) is 52.0 Å². The van der Waals surface area contributed by atoms with Crippen molar-refractivity contribution in [2.75, 3.05) is 11.5 Å². The van der Waals surface area contributed by atoms with Gasteiger partial charge in [-0.3, -0.25) is 0 Å². The minimum Gasteiger partial charge on any atom is -0.314 e. The second-order valence-electron chi connectivity index (χ2n) is 4.55. The lowest BCUT2D eigenvalue weighted by Crippen LogP contribution is -2.12. The third kappa shape index (κ3) is 1.31. The number of imidazole rings is 1. The molecule has 1 aromatic carbocycles. The largest absolute Gasteiger partial charge is 0.314 e. The first kappa shape index (κ1) is 9.96. The van der Waals surface area contributed by atoms with Gasteiger partial charge in [0.15, 0.2) is 15.0 Å². The molecule has 0 aliphatic carbocycles. The maximum absolute atomic E-state index is 11.7. The van der Waals surface area contributed by atoms with Crippen molar-refractivity contribution in [3.63, 3.8) is 0 Å². The number of aromatic nitrogens is 2. The Balaban J connectivity index is 1.96. The fourth-order valence-corrected chi connectivity index (χ4v) is 6.63. The van der Waals surface area contributed by atoms with Gasteiger partial charge >= 0.3 is 0 Å². The smallest absolute Gasteiger partial charge is 0.169 e. The van der Waals surface area contributed by atoms with Gasteiger partial charge in [0.2, 0.25) is 0 Å². The molecule has 17 heavy (non-hydrogen) atoms. The molecule has 2 atom stereocenters. The molecule has 0 N–H and O–H groups in total. The van der Waals surface area contributed by atoms with Gasteiger partial charge in [-0.25, -0.2) is 13.4 Å². The van der Waals surface area contributed by atoms with E-state index in [-0.39, 0.29) is 17.0 Å². The molecular weight excluding hydrogens is 256 g/mol. The van der Waals surface area contributed by atoms with E-state index in [4.69, 9.17) is 0 Å². The fraction of sp³-hybridized carbons (Fsp3) is 0.364. The first-order valence-corrected chi connectivity index (χ1v) is 8.18. The van der Waals surface area contributed by atoms with Crippen molar-refractivity contribution in [3.05, 3.63) is 24.3 Å².